The molecule has 0 aromatic rings. The second-order valence-corrected chi connectivity index (χ2v) is 4.54. The highest BCUT2D eigenvalue weighted by atomic mass is 16.2. The largest absolute Gasteiger partial charge is 0.368 e. The first-order valence-electron chi connectivity index (χ1n) is 5.43. The Morgan fingerprint density at radius 2 is 2.06 bits per heavy atom. The molecule has 0 atom stereocenters. The first-order valence-corrected chi connectivity index (χ1v) is 5.43. The fraction of sp³-hybridized carbons (Fsp3) is 0.727. The first-order chi connectivity index (χ1) is 7.43. The van der Waals surface area contributed by atoms with Gasteiger partial charge in [-0.3, -0.25) is 9.59 Å². The Hall–Kier alpha value is -1.57. The van der Waals surface area contributed by atoms with Gasteiger partial charge in [-0.2, -0.15) is 5.26 Å². The normalized spacial score (nSPS) is 17.4. The summed E-state index contributed by atoms with van der Waals surface area (Å²) in [7, 11) is 0. The lowest BCUT2D eigenvalue weighted by Crippen LogP contribution is -2.52. The van der Waals surface area contributed by atoms with E-state index in [4.69, 9.17) is 11.0 Å². The van der Waals surface area contributed by atoms with Gasteiger partial charge in [0.05, 0.1) is 12.6 Å². The number of rotatable bonds is 4. The number of nitrogens with zero attached hydrogens (tertiary/aromatic N) is 2. The standard InChI is InChI=1S/C11H17N3O2/c1-8(2)14(6-9(13)15)10(16)11(7-12)4-3-5-11/h8H,3-6H2,1-2H3,(H2,13,15). The molecule has 2 amide bonds. The maximum atomic E-state index is 12.2. The van der Waals surface area contributed by atoms with E-state index < -0.39 is 11.3 Å². The Kier molecular flexibility index (Phi) is 3.53. The van der Waals surface area contributed by atoms with Gasteiger partial charge in [0, 0.05) is 6.04 Å². The summed E-state index contributed by atoms with van der Waals surface area (Å²) in [6.45, 7) is 3.51. The molecule has 0 radical (unpaired) electrons. The van der Waals surface area contributed by atoms with Crippen LogP contribution in [0.2, 0.25) is 0 Å². The van der Waals surface area contributed by atoms with E-state index in [0.717, 1.165) is 6.42 Å². The van der Waals surface area contributed by atoms with Gasteiger partial charge < -0.3 is 10.6 Å². The van der Waals surface area contributed by atoms with E-state index in [1.165, 1.54) is 4.90 Å². The fourth-order valence-electron chi connectivity index (χ4n) is 1.84. The molecule has 2 N–H and O–H groups in total. The number of hydrogen-bond acceptors (Lipinski definition) is 3. The Bertz CT molecular complexity index is 340. The van der Waals surface area contributed by atoms with Crippen LogP contribution in [0.25, 0.3) is 0 Å². The van der Waals surface area contributed by atoms with Crippen molar-refractivity contribution in [2.45, 2.75) is 39.2 Å². The molecular formula is C11H17N3O2. The minimum atomic E-state index is -0.903. The van der Waals surface area contributed by atoms with Crippen LogP contribution in [-0.4, -0.2) is 29.3 Å². The van der Waals surface area contributed by atoms with Gasteiger partial charge in [-0.1, -0.05) is 0 Å². The van der Waals surface area contributed by atoms with Crippen molar-refractivity contribution in [2.75, 3.05) is 6.54 Å². The number of primary amides is 1. The summed E-state index contributed by atoms with van der Waals surface area (Å²) < 4.78 is 0. The third kappa shape index (κ3) is 2.16. The molecule has 88 valence electrons. The zero-order chi connectivity index (χ0) is 12.3. The Balaban J connectivity index is 2.83. The second-order valence-electron chi connectivity index (χ2n) is 4.54. The highest BCUT2D eigenvalue weighted by Crippen LogP contribution is 2.42. The third-order valence-electron chi connectivity index (χ3n) is 3.04. The molecule has 1 saturated carbocycles. The Morgan fingerprint density at radius 1 is 1.50 bits per heavy atom. The minimum Gasteiger partial charge on any atom is -0.368 e. The molecule has 0 saturated heterocycles. The summed E-state index contributed by atoms with van der Waals surface area (Å²) in [5.41, 5.74) is 4.19. The highest BCUT2D eigenvalue weighted by Gasteiger charge is 2.47. The molecule has 16 heavy (non-hydrogen) atoms. The monoisotopic (exact) mass is 223 g/mol. The van der Waals surface area contributed by atoms with Crippen LogP contribution in [0.5, 0.6) is 0 Å². The van der Waals surface area contributed by atoms with Crippen molar-refractivity contribution in [3.63, 3.8) is 0 Å². The second kappa shape index (κ2) is 4.52. The van der Waals surface area contributed by atoms with Gasteiger partial charge in [-0.25, -0.2) is 0 Å². The van der Waals surface area contributed by atoms with E-state index in [9.17, 15) is 9.59 Å². The molecule has 0 bridgehead atoms. The molecule has 5 heteroatoms. The van der Waals surface area contributed by atoms with Crippen molar-refractivity contribution in [2.24, 2.45) is 11.1 Å². The van der Waals surface area contributed by atoms with E-state index in [0.29, 0.717) is 12.8 Å². The molecule has 1 aliphatic carbocycles. The molecule has 5 nitrogen and oxygen atoms in total. The maximum absolute atomic E-state index is 12.2. The zero-order valence-corrected chi connectivity index (χ0v) is 9.69. The number of nitriles is 1. The molecule has 0 aliphatic heterocycles. The molecule has 0 spiro atoms. The lowest BCUT2D eigenvalue weighted by Gasteiger charge is -2.39. The predicted molar refractivity (Wildman–Crippen MR) is 57.9 cm³/mol. The molecule has 1 rings (SSSR count). The van der Waals surface area contributed by atoms with Gasteiger partial charge in [0.15, 0.2) is 0 Å². The summed E-state index contributed by atoms with van der Waals surface area (Å²) in [6, 6.07) is 1.96. The van der Waals surface area contributed by atoms with Gasteiger partial charge in [0.2, 0.25) is 11.8 Å². The van der Waals surface area contributed by atoms with Crippen molar-refractivity contribution in [1.82, 2.24) is 4.90 Å². The summed E-state index contributed by atoms with van der Waals surface area (Å²) in [5, 5.41) is 9.06. The summed E-state index contributed by atoms with van der Waals surface area (Å²) in [6.07, 6.45) is 2.07. The van der Waals surface area contributed by atoms with E-state index in [-0.39, 0.29) is 18.5 Å². The van der Waals surface area contributed by atoms with Gasteiger partial charge in [0.1, 0.15) is 5.41 Å². The van der Waals surface area contributed by atoms with Crippen molar-refractivity contribution in [1.29, 1.82) is 5.26 Å². The first kappa shape index (κ1) is 12.5. The molecule has 0 unspecified atom stereocenters. The smallest absolute Gasteiger partial charge is 0.243 e. The SMILES string of the molecule is CC(C)N(CC(N)=O)C(=O)C1(C#N)CCC1. The molecule has 0 aromatic carbocycles. The number of hydrogen-bond donors (Lipinski definition) is 1. The van der Waals surface area contributed by atoms with Gasteiger partial charge in [-0.05, 0) is 33.1 Å². The van der Waals surface area contributed by atoms with Gasteiger partial charge >= 0.3 is 0 Å². The maximum Gasteiger partial charge on any atom is 0.243 e. The molecule has 1 aliphatic rings. The van der Waals surface area contributed by atoms with Crippen LogP contribution in [0.15, 0.2) is 0 Å². The van der Waals surface area contributed by atoms with E-state index >= 15 is 0 Å². The number of carbonyl (C=O) groups is 2. The highest BCUT2D eigenvalue weighted by molar-refractivity contribution is 5.90. The van der Waals surface area contributed by atoms with Crippen LogP contribution in [0.3, 0.4) is 0 Å². The van der Waals surface area contributed by atoms with Crippen LogP contribution in [0.4, 0.5) is 0 Å². The molecular weight excluding hydrogens is 206 g/mol. The Morgan fingerprint density at radius 3 is 2.31 bits per heavy atom. The van der Waals surface area contributed by atoms with Crippen molar-refractivity contribution in [3.8, 4) is 6.07 Å². The topological polar surface area (TPSA) is 87.2 Å². The van der Waals surface area contributed by atoms with E-state index in [2.05, 4.69) is 6.07 Å². The minimum absolute atomic E-state index is 0.111. The van der Waals surface area contributed by atoms with E-state index in [1.807, 2.05) is 13.8 Å². The number of nitrogens with two attached hydrogens (primary N) is 1. The number of carbonyl (C=O) groups excluding carboxylic acids is 2. The van der Waals surface area contributed by atoms with Crippen LogP contribution >= 0.6 is 0 Å². The predicted octanol–water partition coefficient (Wildman–Crippen LogP) is 0.403. The van der Waals surface area contributed by atoms with Crippen LogP contribution in [-0.2, 0) is 9.59 Å². The molecule has 0 heterocycles. The van der Waals surface area contributed by atoms with Gasteiger partial charge in [-0.15, -0.1) is 0 Å². The molecule has 0 aromatic heterocycles. The lowest BCUT2D eigenvalue weighted by atomic mass is 9.69. The summed E-state index contributed by atoms with van der Waals surface area (Å²) in [5.74, 6) is -0.801. The van der Waals surface area contributed by atoms with Crippen molar-refractivity contribution < 1.29 is 9.59 Å². The quantitative estimate of drug-likeness (QED) is 0.748. The average molecular weight is 223 g/mol. The van der Waals surface area contributed by atoms with Crippen molar-refractivity contribution >= 4 is 11.8 Å². The zero-order valence-electron chi connectivity index (χ0n) is 9.69. The Labute approximate surface area is 95.2 Å². The van der Waals surface area contributed by atoms with Crippen LogP contribution < -0.4 is 5.73 Å². The van der Waals surface area contributed by atoms with Crippen LogP contribution in [0.1, 0.15) is 33.1 Å². The van der Waals surface area contributed by atoms with E-state index in [1.54, 1.807) is 0 Å². The number of amides is 2. The lowest BCUT2D eigenvalue weighted by molar-refractivity contribution is -0.147. The van der Waals surface area contributed by atoms with Gasteiger partial charge in [0.25, 0.3) is 0 Å². The summed E-state index contributed by atoms with van der Waals surface area (Å²) in [4.78, 5) is 24.4. The fourth-order valence-corrected chi connectivity index (χ4v) is 1.84. The summed E-state index contributed by atoms with van der Waals surface area (Å²) >= 11 is 0. The average Bonchev–Trinajstić information content (AvgIpc) is 2.12. The third-order valence-corrected chi connectivity index (χ3v) is 3.04. The van der Waals surface area contributed by atoms with Crippen molar-refractivity contribution in [3.05, 3.63) is 0 Å². The van der Waals surface area contributed by atoms with Crippen LogP contribution in [0, 0.1) is 16.7 Å². The molecule has 1 fully saturated rings.